The maximum atomic E-state index is 10.8. The van der Waals surface area contributed by atoms with Gasteiger partial charge in [0.1, 0.15) is 0 Å². The Morgan fingerprint density at radius 2 is 1.43 bits per heavy atom. The van der Waals surface area contributed by atoms with Crippen LogP contribution >= 0.6 is 0 Å². The summed E-state index contributed by atoms with van der Waals surface area (Å²) in [5.74, 6) is -0.906. The number of aliphatic carboxylic acids is 1. The Bertz CT molecular complexity index is 614. The van der Waals surface area contributed by atoms with E-state index < -0.39 is 5.97 Å². The molecule has 0 aliphatic heterocycles. The molecule has 108 valence electrons. The van der Waals surface area contributed by atoms with Gasteiger partial charge >= 0.3 is 5.97 Å². The zero-order chi connectivity index (χ0) is 15.1. The number of rotatable bonds is 7. The second-order valence-electron chi connectivity index (χ2n) is 5.16. The molecule has 0 aliphatic carbocycles. The van der Waals surface area contributed by atoms with Crippen molar-refractivity contribution < 1.29 is 9.90 Å². The normalized spacial score (nSPS) is 10.3. The van der Waals surface area contributed by atoms with Crippen molar-refractivity contribution in [3.8, 4) is 0 Å². The average molecular weight is 280 g/mol. The van der Waals surface area contributed by atoms with Gasteiger partial charge in [0.2, 0.25) is 0 Å². The van der Waals surface area contributed by atoms with Crippen molar-refractivity contribution in [2.45, 2.75) is 25.7 Å². The van der Waals surface area contributed by atoms with Gasteiger partial charge in [-0.3, -0.25) is 0 Å². The van der Waals surface area contributed by atoms with Crippen LogP contribution in [0.25, 0.3) is 0 Å². The van der Waals surface area contributed by atoms with Gasteiger partial charge in [-0.2, -0.15) is 0 Å². The minimum Gasteiger partial charge on any atom is -0.478 e. The third-order valence-corrected chi connectivity index (χ3v) is 3.64. The van der Waals surface area contributed by atoms with Gasteiger partial charge in [-0.1, -0.05) is 61.2 Å². The molecular weight excluding hydrogens is 260 g/mol. The summed E-state index contributed by atoms with van der Waals surface area (Å²) in [7, 11) is 0. The molecule has 0 unspecified atom stereocenters. The quantitative estimate of drug-likeness (QED) is 0.777. The van der Waals surface area contributed by atoms with Crippen LogP contribution in [0.2, 0.25) is 0 Å². The molecule has 0 aliphatic rings. The first-order valence-corrected chi connectivity index (χ1v) is 7.18. The zero-order valence-electron chi connectivity index (χ0n) is 12.1. The topological polar surface area (TPSA) is 37.3 Å². The predicted molar refractivity (Wildman–Crippen MR) is 85.4 cm³/mol. The molecular formula is C19H20O2. The number of carboxylic acids is 1. The molecule has 0 atom stereocenters. The van der Waals surface area contributed by atoms with Gasteiger partial charge in [-0.15, -0.1) is 0 Å². The molecule has 0 fully saturated rings. The Labute approximate surface area is 125 Å². The highest BCUT2D eigenvalue weighted by atomic mass is 16.4. The number of hydrogen-bond acceptors (Lipinski definition) is 1. The van der Waals surface area contributed by atoms with Crippen LogP contribution in [0.4, 0.5) is 0 Å². The molecule has 2 rings (SSSR count). The first kappa shape index (κ1) is 15.0. The van der Waals surface area contributed by atoms with Crippen LogP contribution in [0, 0.1) is 0 Å². The molecule has 2 nitrogen and oxygen atoms in total. The van der Waals surface area contributed by atoms with Crippen molar-refractivity contribution in [1.82, 2.24) is 0 Å². The lowest BCUT2D eigenvalue weighted by Gasteiger charge is -2.09. The first-order valence-electron chi connectivity index (χ1n) is 7.18. The highest BCUT2D eigenvalue weighted by Gasteiger charge is 2.07. The Balaban J connectivity index is 2.00. The van der Waals surface area contributed by atoms with Crippen molar-refractivity contribution in [2.75, 3.05) is 0 Å². The van der Waals surface area contributed by atoms with E-state index in [9.17, 15) is 4.79 Å². The fraction of sp³-hybridized carbons (Fsp3) is 0.211. The number of hydrogen-bond donors (Lipinski definition) is 1. The molecule has 0 spiro atoms. The highest BCUT2D eigenvalue weighted by molar-refractivity contribution is 5.85. The van der Waals surface area contributed by atoms with Gasteiger partial charge in [0, 0.05) is 5.57 Å². The molecule has 21 heavy (non-hydrogen) atoms. The Kier molecular flexibility index (Phi) is 5.33. The Morgan fingerprint density at radius 1 is 0.857 bits per heavy atom. The van der Waals surface area contributed by atoms with Gasteiger partial charge in [0.15, 0.2) is 0 Å². The van der Waals surface area contributed by atoms with E-state index in [0.29, 0.717) is 6.42 Å². The molecule has 0 radical (unpaired) electrons. The lowest BCUT2D eigenvalue weighted by molar-refractivity contribution is -0.132. The average Bonchev–Trinajstić information content (AvgIpc) is 2.52. The Hall–Kier alpha value is -2.35. The lowest BCUT2D eigenvalue weighted by Crippen LogP contribution is -2.02. The smallest absolute Gasteiger partial charge is 0.330 e. The number of carboxylic acid groups (broad SMARTS) is 1. The molecule has 0 aromatic heterocycles. The summed E-state index contributed by atoms with van der Waals surface area (Å²) in [6.45, 7) is 3.59. The van der Waals surface area contributed by atoms with Gasteiger partial charge < -0.3 is 5.11 Å². The summed E-state index contributed by atoms with van der Waals surface area (Å²) < 4.78 is 0. The van der Waals surface area contributed by atoms with Crippen LogP contribution in [-0.4, -0.2) is 11.1 Å². The third-order valence-electron chi connectivity index (χ3n) is 3.64. The third kappa shape index (κ3) is 4.60. The molecule has 0 saturated carbocycles. The van der Waals surface area contributed by atoms with E-state index in [0.717, 1.165) is 19.3 Å². The SMILES string of the molecule is C=C(CCc1ccccc1CCc1ccccc1)C(=O)O. The van der Waals surface area contributed by atoms with E-state index in [4.69, 9.17) is 5.11 Å². The summed E-state index contributed by atoms with van der Waals surface area (Å²) in [5, 5.41) is 8.88. The standard InChI is InChI=1S/C19H20O2/c1-15(19(20)21)11-13-17-9-5-6-10-18(17)14-12-16-7-3-2-4-8-16/h2-10H,1,11-14H2,(H,20,21). The number of carbonyl (C=O) groups is 1. The van der Waals surface area contributed by atoms with E-state index in [-0.39, 0.29) is 5.57 Å². The summed E-state index contributed by atoms with van der Waals surface area (Å²) in [6.07, 6.45) is 3.20. The van der Waals surface area contributed by atoms with Crippen LogP contribution in [0.1, 0.15) is 23.1 Å². The first-order chi connectivity index (χ1) is 10.2. The summed E-state index contributed by atoms with van der Waals surface area (Å²) in [4.78, 5) is 10.8. The van der Waals surface area contributed by atoms with Crippen molar-refractivity contribution >= 4 is 5.97 Å². The van der Waals surface area contributed by atoms with E-state index in [1.54, 1.807) is 0 Å². The minimum atomic E-state index is -0.906. The largest absolute Gasteiger partial charge is 0.478 e. The van der Waals surface area contributed by atoms with E-state index >= 15 is 0 Å². The van der Waals surface area contributed by atoms with E-state index in [1.807, 2.05) is 18.2 Å². The molecule has 1 N–H and O–H groups in total. The minimum absolute atomic E-state index is 0.271. The summed E-state index contributed by atoms with van der Waals surface area (Å²) in [6, 6.07) is 18.6. The van der Waals surface area contributed by atoms with Crippen LogP contribution < -0.4 is 0 Å². The summed E-state index contributed by atoms with van der Waals surface area (Å²) >= 11 is 0. The maximum Gasteiger partial charge on any atom is 0.330 e. The fourth-order valence-corrected chi connectivity index (χ4v) is 2.36. The number of benzene rings is 2. The van der Waals surface area contributed by atoms with Crippen LogP contribution in [0.3, 0.4) is 0 Å². The molecule has 2 aromatic rings. The van der Waals surface area contributed by atoms with Gasteiger partial charge in [0.25, 0.3) is 0 Å². The van der Waals surface area contributed by atoms with Crippen molar-refractivity contribution in [1.29, 1.82) is 0 Å². The lowest BCUT2D eigenvalue weighted by atomic mass is 9.96. The molecule has 0 amide bonds. The molecule has 2 heteroatoms. The maximum absolute atomic E-state index is 10.8. The van der Waals surface area contributed by atoms with Gasteiger partial charge in [-0.25, -0.2) is 4.79 Å². The van der Waals surface area contributed by atoms with Crippen LogP contribution in [-0.2, 0) is 24.1 Å². The molecule has 2 aromatic carbocycles. The van der Waals surface area contributed by atoms with Crippen molar-refractivity contribution in [2.24, 2.45) is 0 Å². The van der Waals surface area contributed by atoms with Crippen molar-refractivity contribution in [3.05, 3.63) is 83.4 Å². The van der Waals surface area contributed by atoms with E-state index in [1.165, 1.54) is 16.7 Å². The summed E-state index contributed by atoms with van der Waals surface area (Å²) in [5.41, 5.74) is 4.10. The monoisotopic (exact) mass is 280 g/mol. The van der Waals surface area contributed by atoms with E-state index in [2.05, 4.69) is 43.0 Å². The number of aryl methyl sites for hydroxylation is 3. The predicted octanol–water partition coefficient (Wildman–Crippen LogP) is 4.05. The second-order valence-corrected chi connectivity index (χ2v) is 5.16. The second kappa shape index (κ2) is 7.44. The van der Waals surface area contributed by atoms with Crippen molar-refractivity contribution in [3.63, 3.8) is 0 Å². The molecule has 0 saturated heterocycles. The van der Waals surface area contributed by atoms with Gasteiger partial charge in [-0.05, 0) is 42.4 Å². The zero-order valence-corrected chi connectivity index (χ0v) is 12.1. The molecule has 0 bridgehead atoms. The molecule has 0 heterocycles. The van der Waals surface area contributed by atoms with Gasteiger partial charge in [0.05, 0.1) is 0 Å². The highest BCUT2D eigenvalue weighted by Crippen LogP contribution is 2.16. The Morgan fingerprint density at radius 3 is 2.05 bits per heavy atom. The fourth-order valence-electron chi connectivity index (χ4n) is 2.36. The van der Waals surface area contributed by atoms with Crippen LogP contribution in [0.15, 0.2) is 66.7 Å². The van der Waals surface area contributed by atoms with Crippen LogP contribution in [0.5, 0.6) is 0 Å².